The van der Waals surface area contributed by atoms with E-state index < -0.39 is 0 Å². The highest BCUT2D eigenvalue weighted by Gasteiger charge is 2.30. The Bertz CT molecular complexity index is 575. The Hall–Kier alpha value is -1.88. The first-order valence-electron chi connectivity index (χ1n) is 7.52. The summed E-state index contributed by atoms with van der Waals surface area (Å²) in [5.41, 5.74) is 2.60. The Morgan fingerprint density at radius 1 is 1.19 bits per heavy atom. The number of carbonyl (C=O) groups is 2. The van der Waals surface area contributed by atoms with Crippen LogP contribution in [0, 0.1) is 0 Å². The largest absolute Gasteiger partial charge is 0.331 e. The standard InChI is InChI=1S/C16H21N3O2/c1-10-8-17-9-11(2)19(10)16(21)13-3-5-14-12(7-13)4-6-15(20)18-14/h3,5,7,10-11,17H,4,6,8-9H2,1-2H3,(H,18,20). The minimum atomic E-state index is 0.0472. The average molecular weight is 287 g/mol. The van der Waals surface area contributed by atoms with Crippen LogP contribution in [0.1, 0.15) is 36.2 Å². The van der Waals surface area contributed by atoms with Crippen molar-refractivity contribution in [1.82, 2.24) is 10.2 Å². The summed E-state index contributed by atoms with van der Waals surface area (Å²) in [4.78, 5) is 26.1. The van der Waals surface area contributed by atoms with Crippen LogP contribution >= 0.6 is 0 Å². The molecule has 1 aromatic carbocycles. The van der Waals surface area contributed by atoms with Gasteiger partial charge in [-0.25, -0.2) is 0 Å². The monoisotopic (exact) mass is 287 g/mol. The van der Waals surface area contributed by atoms with Crippen molar-refractivity contribution in [1.29, 1.82) is 0 Å². The highest BCUT2D eigenvalue weighted by atomic mass is 16.2. The third-order valence-electron chi connectivity index (χ3n) is 4.31. The summed E-state index contributed by atoms with van der Waals surface area (Å²) in [6.07, 6.45) is 1.19. The predicted octanol–water partition coefficient (Wildman–Crippen LogP) is 1.39. The normalized spacial score (nSPS) is 25.2. The van der Waals surface area contributed by atoms with Crippen LogP contribution in [0.15, 0.2) is 18.2 Å². The Labute approximate surface area is 124 Å². The third kappa shape index (κ3) is 2.65. The summed E-state index contributed by atoms with van der Waals surface area (Å²) in [6, 6.07) is 5.97. The number of anilines is 1. The number of amides is 2. The predicted molar refractivity (Wildman–Crippen MR) is 81.4 cm³/mol. The number of carbonyl (C=O) groups excluding carboxylic acids is 2. The van der Waals surface area contributed by atoms with Gasteiger partial charge in [0.1, 0.15) is 0 Å². The average Bonchev–Trinajstić information content (AvgIpc) is 2.46. The molecule has 0 aromatic heterocycles. The molecule has 1 saturated heterocycles. The first-order valence-corrected chi connectivity index (χ1v) is 7.52. The Balaban J connectivity index is 1.86. The lowest BCUT2D eigenvalue weighted by Crippen LogP contribution is -2.57. The fraction of sp³-hybridized carbons (Fsp3) is 0.500. The summed E-state index contributed by atoms with van der Waals surface area (Å²) in [6.45, 7) is 5.80. The van der Waals surface area contributed by atoms with Crippen LogP contribution in [0.3, 0.4) is 0 Å². The van der Waals surface area contributed by atoms with Gasteiger partial charge in [-0.15, -0.1) is 0 Å². The smallest absolute Gasteiger partial charge is 0.254 e. The second-order valence-corrected chi connectivity index (χ2v) is 5.99. The van der Waals surface area contributed by atoms with E-state index in [0.717, 1.165) is 24.3 Å². The molecule has 2 unspecified atom stereocenters. The second-order valence-electron chi connectivity index (χ2n) is 5.99. The molecule has 112 valence electrons. The number of hydrogen-bond acceptors (Lipinski definition) is 3. The lowest BCUT2D eigenvalue weighted by molar-refractivity contribution is -0.116. The molecular formula is C16H21N3O2. The Kier molecular flexibility index (Phi) is 3.68. The van der Waals surface area contributed by atoms with Crippen LogP contribution in [0.25, 0.3) is 0 Å². The van der Waals surface area contributed by atoms with Gasteiger partial charge < -0.3 is 15.5 Å². The molecule has 0 spiro atoms. The molecule has 2 atom stereocenters. The lowest BCUT2D eigenvalue weighted by Gasteiger charge is -2.39. The molecule has 21 heavy (non-hydrogen) atoms. The fourth-order valence-electron chi connectivity index (χ4n) is 3.20. The van der Waals surface area contributed by atoms with Gasteiger partial charge in [-0.3, -0.25) is 9.59 Å². The molecule has 1 fully saturated rings. The van der Waals surface area contributed by atoms with Crippen molar-refractivity contribution in [2.45, 2.75) is 38.8 Å². The third-order valence-corrected chi connectivity index (χ3v) is 4.31. The van der Waals surface area contributed by atoms with Crippen molar-refractivity contribution in [2.75, 3.05) is 18.4 Å². The summed E-state index contributed by atoms with van der Waals surface area (Å²) < 4.78 is 0. The molecule has 2 heterocycles. The number of hydrogen-bond donors (Lipinski definition) is 2. The van der Waals surface area contributed by atoms with Crippen LogP contribution in [0.5, 0.6) is 0 Å². The van der Waals surface area contributed by atoms with E-state index in [0.29, 0.717) is 18.4 Å². The van der Waals surface area contributed by atoms with Gasteiger partial charge in [0, 0.05) is 42.8 Å². The number of fused-ring (bicyclic) bond motifs is 1. The van der Waals surface area contributed by atoms with Crippen LogP contribution in [0.4, 0.5) is 5.69 Å². The highest BCUT2D eigenvalue weighted by molar-refractivity contribution is 5.98. The fourth-order valence-corrected chi connectivity index (χ4v) is 3.20. The lowest BCUT2D eigenvalue weighted by atomic mass is 9.99. The van der Waals surface area contributed by atoms with E-state index in [2.05, 4.69) is 24.5 Å². The molecule has 5 heteroatoms. The van der Waals surface area contributed by atoms with Gasteiger partial charge in [0.15, 0.2) is 0 Å². The topological polar surface area (TPSA) is 61.4 Å². The molecule has 3 rings (SSSR count). The minimum Gasteiger partial charge on any atom is -0.331 e. The summed E-state index contributed by atoms with van der Waals surface area (Å²) >= 11 is 0. The number of benzene rings is 1. The van der Waals surface area contributed by atoms with Gasteiger partial charge in [0.2, 0.25) is 5.91 Å². The maximum atomic E-state index is 12.8. The van der Waals surface area contributed by atoms with Gasteiger partial charge in [-0.05, 0) is 44.0 Å². The Morgan fingerprint density at radius 3 is 2.62 bits per heavy atom. The van der Waals surface area contributed by atoms with E-state index >= 15 is 0 Å². The zero-order chi connectivity index (χ0) is 15.0. The molecular weight excluding hydrogens is 266 g/mol. The van der Waals surface area contributed by atoms with Crippen LogP contribution in [-0.4, -0.2) is 41.9 Å². The van der Waals surface area contributed by atoms with Gasteiger partial charge in [0.05, 0.1) is 0 Å². The highest BCUT2D eigenvalue weighted by Crippen LogP contribution is 2.25. The van der Waals surface area contributed by atoms with Gasteiger partial charge in [0.25, 0.3) is 5.91 Å². The second kappa shape index (κ2) is 5.48. The Morgan fingerprint density at radius 2 is 1.90 bits per heavy atom. The quantitative estimate of drug-likeness (QED) is 0.820. The van der Waals surface area contributed by atoms with Crippen molar-refractivity contribution < 1.29 is 9.59 Å². The zero-order valence-corrected chi connectivity index (χ0v) is 12.5. The molecule has 2 aliphatic rings. The summed E-state index contributed by atoms with van der Waals surface area (Å²) in [5.74, 6) is 0.127. The van der Waals surface area contributed by atoms with E-state index in [9.17, 15) is 9.59 Å². The van der Waals surface area contributed by atoms with Crippen LogP contribution in [0.2, 0.25) is 0 Å². The molecule has 1 aromatic rings. The van der Waals surface area contributed by atoms with Crippen LogP contribution in [-0.2, 0) is 11.2 Å². The van der Waals surface area contributed by atoms with E-state index in [1.165, 1.54) is 0 Å². The first kappa shape index (κ1) is 14.1. The van der Waals surface area contributed by atoms with Crippen molar-refractivity contribution >= 4 is 17.5 Å². The zero-order valence-electron chi connectivity index (χ0n) is 12.5. The number of nitrogens with one attached hydrogen (secondary N) is 2. The number of piperazine rings is 1. The van der Waals surface area contributed by atoms with E-state index in [1.54, 1.807) is 0 Å². The van der Waals surface area contributed by atoms with E-state index in [1.807, 2.05) is 23.1 Å². The molecule has 0 radical (unpaired) electrons. The van der Waals surface area contributed by atoms with Crippen LogP contribution < -0.4 is 10.6 Å². The number of nitrogens with zero attached hydrogens (tertiary/aromatic N) is 1. The molecule has 0 aliphatic carbocycles. The number of aryl methyl sites for hydroxylation is 1. The molecule has 2 amide bonds. The maximum Gasteiger partial charge on any atom is 0.254 e. The maximum absolute atomic E-state index is 12.8. The first-order chi connectivity index (χ1) is 10.1. The van der Waals surface area contributed by atoms with E-state index in [-0.39, 0.29) is 23.9 Å². The molecule has 5 nitrogen and oxygen atoms in total. The molecule has 0 bridgehead atoms. The minimum absolute atomic E-state index is 0.0472. The van der Waals surface area contributed by atoms with Crippen molar-refractivity contribution in [3.63, 3.8) is 0 Å². The summed E-state index contributed by atoms with van der Waals surface area (Å²) in [7, 11) is 0. The molecule has 2 N–H and O–H groups in total. The van der Waals surface area contributed by atoms with E-state index in [4.69, 9.17) is 0 Å². The summed E-state index contributed by atoms with van der Waals surface area (Å²) in [5, 5.41) is 6.18. The van der Waals surface area contributed by atoms with Gasteiger partial charge in [-0.2, -0.15) is 0 Å². The van der Waals surface area contributed by atoms with Crippen molar-refractivity contribution in [2.24, 2.45) is 0 Å². The molecule has 0 saturated carbocycles. The van der Waals surface area contributed by atoms with Crippen molar-refractivity contribution in [3.8, 4) is 0 Å². The van der Waals surface area contributed by atoms with Gasteiger partial charge >= 0.3 is 0 Å². The number of rotatable bonds is 1. The van der Waals surface area contributed by atoms with Crippen molar-refractivity contribution in [3.05, 3.63) is 29.3 Å². The van der Waals surface area contributed by atoms with Gasteiger partial charge in [-0.1, -0.05) is 0 Å². The molecule has 2 aliphatic heterocycles. The SMILES string of the molecule is CC1CNCC(C)N1C(=O)c1ccc2c(c1)CCC(=O)N2.